The van der Waals surface area contributed by atoms with Gasteiger partial charge in [0.15, 0.2) is 0 Å². The Morgan fingerprint density at radius 2 is 1.80 bits per heavy atom. The third kappa shape index (κ3) is 6.48. The number of methoxy groups -OCH3 is 1. The lowest BCUT2D eigenvalue weighted by Crippen LogP contribution is -2.40. The van der Waals surface area contributed by atoms with Crippen molar-refractivity contribution >= 4 is 34.4 Å². The Kier molecular flexibility index (Phi) is 9.08. The number of carbonyl (C=O) groups excluding carboxylic acids is 2. The number of fused-ring (bicyclic) bond motifs is 1. The number of hydrogen-bond acceptors (Lipinski definition) is 6. The minimum Gasteiger partial charge on any atom is -0.497 e. The molecular weight excluding hydrogens is 540 g/mol. The molecule has 4 aromatic rings. The van der Waals surface area contributed by atoms with Gasteiger partial charge in [-0.2, -0.15) is 0 Å². The first kappa shape index (κ1) is 28.9. The van der Waals surface area contributed by atoms with Crippen molar-refractivity contribution in [3.63, 3.8) is 0 Å². The number of nitrogens with zero attached hydrogens (tertiary/aromatic N) is 2. The van der Waals surface area contributed by atoms with Crippen molar-refractivity contribution in [2.45, 2.75) is 32.8 Å². The van der Waals surface area contributed by atoms with E-state index in [1.165, 1.54) is 11.1 Å². The van der Waals surface area contributed by atoms with Gasteiger partial charge in [0.05, 0.1) is 31.8 Å². The highest BCUT2D eigenvalue weighted by atomic mass is 35.5. The van der Waals surface area contributed by atoms with Crippen LogP contribution >= 0.6 is 11.6 Å². The second kappa shape index (κ2) is 12.9. The number of hydrogen-bond donors (Lipinski definition) is 0. The predicted octanol–water partition coefficient (Wildman–Crippen LogP) is 6.02. The second-order valence-electron chi connectivity index (χ2n) is 10.2. The van der Waals surface area contributed by atoms with Gasteiger partial charge in [0.25, 0.3) is 5.91 Å². The summed E-state index contributed by atoms with van der Waals surface area (Å²) < 4.78 is 18.8. The molecule has 0 N–H and O–H groups in total. The molecule has 0 radical (unpaired) electrons. The Morgan fingerprint density at radius 3 is 2.51 bits per heavy atom. The summed E-state index contributed by atoms with van der Waals surface area (Å²) in [5, 5.41) is 1.34. The Balaban J connectivity index is 1.26. The van der Waals surface area contributed by atoms with Crippen LogP contribution in [0.2, 0.25) is 5.02 Å². The first-order valence-electron chi connectivity index (χ1n) is 13.9. The zero-order valence-corrected chi connectivity index (χ0v) is 24.4. The number of esters is 1. The average Bonchev–Trinajstić information content (AvgIpc) is 3.27. The van der Waals surface area contributed by atoms with E-state index < -0.39 is 0 Å². The molecule has 0 saturated carbocycles. The van der Waals surface area contributed by atoms with Crippen LogP contribution in [-0.4, -0.2) is 61.3 Å². The van der Waals surface area contributed by atoms with Crippen LogP contribution in [0.25, 0.3) is 10.9 Å². The minimum absolute atomic E-state index is 0.00675. The fraction of sp³-hybridized carbons (Fsp3) is 0.333. The monoisotopic (exact) mass is 574 g/mol. The number of morpholine rings is 1. The lowest BCUT2D eigenvalue weighted by Gasteiger charge is -2.33. The number of rotatable bonds is 9. The minimum atomic E-state index is -0.339. The summed E-state index contributed by atoms with van der Waals surface area (Å²) in [6, 6.07) is 20.9. The molecule has 8 heteroatoms. The lowest BCUT2D eigenvalue weighted by atomic mass is 10.0. The van der Waals surface area contributed by atoms with Crippen molar-refractivity contribution in [3.05, 3.63) is 99.7 Å². The molecule has 0 aliphatic carbocycles. The third-order valence-corrected chi connectivity index (χ3v) is 7.99. The van der Waals surface area contributed by atoms with Gasteiger partial charge in [0.1, 0.15) is 12.4 Å². The molecule has 0 amide bonds. The van der Waals surface area contributed by atoms with Gasteiger partial charge in [-0.25, -0.2) is 0 Å². The molecule has 5 rings (SSSR count). The summed E-state index contributed by atoms with van der Waals surface area (Å²) in [7, 11) is 1.59. The Morgan fingerprint density at radius 1 is 1.05 bits per heavy atom. The van der Waals surface area contributed by atoms with Crippen LogP contribution in [0.3, 0.4) is 0 Å². The number of ether oxygens (including phenoxy) is 3. The van der Waals surface area contributed by atoms with Gasteiger partial charge in [-0.15, -0.1) is 0 Å². The maximum Gasteiger partial charge on any atom is 0.310 e. The zero-order valence-electron chi connectivity index (χ0n) is 23.7. The topological polar surface area (TPSA) is 70.0 Å². The van der Waals surface area contributed by atoms with Crippen molar-refractivity contribution in [2.24, 2.45) is 0 Å². The molecule has 1 aliphatic rings. The molecule has 7 nitrogen and oxygen atoms in total. The highest BCUT2D eigenvalue weighted by molar-refractivity contribution is 6.30. The average molecular weight is 575 g/mol. The van der Waals surface area contributed by atoms with Crippen molar-refractivity contribution < 1.29 is 23.8 Å². The molecule has 1 atom stereocenters. The summed E-state index contributed by atoms with van der Waals surface area (Å²) in [5.41, 5.74) is 5.11. The van der Waals surface area contributed by atoms with Crippen molar-refractivity contribution in [3.8, 4) is 5.75 Å². The molecule has 1 aromatic heterocycles. The van der Waals surface area contributed by atoms with Crippen LogP contribution in [0.5, 0.6) is 5.75 Å². The summed E-state index contributed by atoms with van der Waals surface area (Å²) in [4.78, 5) is 28.8. The Bertz CT molecular complexity index is 1530. The molecular formula is C33H35ClN2O5. The molecule has 0 bridgehead atoms. The summed E-state index contributed by atoms with van der Waals surface area (Å²) in [5.74, 6) is 0.114. The van der Waals surface area contributed by atoms with E-state index in [0.29, 0.717) is 40.7 Å². The molecule has 1 fully saturated rings. The molecule has 1 saturated heterocycles. The van der Waals surface area contributed by atoms with E-state index in [1.807, 2.05) is 25.1 Å². The molecule has 2 heterocycles. The van der Waals surface area contributed by atoms with Crippen LogP contribution in [0.4, 0.5) is 0 Å². The van der Waals surface area contributed by atoms with Gasteiger partial charge in [-0.3, -0.25) is 19.1 Å². The van der Waals surface area contributed by atoms with Crippen molar-refractivity contribution in [1.82, 2.24) is 9.47 Å². The van der Waals surface area contributed by atoms with Crippen LogP contribution in [0.1, 0.15) is 45.8 Å². The number of aromatic nitrogens is 1. The van der Waals surface area contributed by atoms with E-state index in [4.69, 9.17) is 25.8 Å². The lowest BCUT2D eigenvalue weighted by molar-refractivity contribution is -0.143. The van der Waals surface area contributed by atoms with E-state index in [-0.39, 0.29) is 31.0 Å². The number of aryl methyl sites for hydroxylation is 1. The molecule has 41 heavy (non-hydrogen) atoms. The van der Waals surface area contributed by atoms with Gasteiger partial charge in [0, 0.05) is 41.3 Å². The molecule has 0 spiro atoms. The maximum atomic E-state index is 13.5. The SMILES string of the molecule is CCc1ccc(C2CN(CCOC(=O)Cc3c(C)n(C(=O)c4ccc(Cl)cc4)c4ccc(OC)cc34)CCO2)cc1. The normalized spacial score (nSPS) is 15.7. The first-order chi connectivity index (χ1) is 19.9. The fourth-order valence-corrected chi connectivity index (χ4v) is 5.48. The number of carbonyl (C=O) groups is 2. The Labute approximate surface area is 245 Å². The quantitative estimate of drug-likeness (QED) is 0.228. The molecule has 3 aromatic carbocycles. The van der Waals surface area contributed by atoms with Crippen LogP contribution in [0.15, 0.2) is 66.7 Å². The highest BCUT2D eigenvalue weighted by Crippen LogP contribution is 2.31. The van der Waals surface area contributed by atoms with E-state index >= 15 is 0 Å². The largest absolute Gasteiger partial charge is 0.497 e. The predicted molar refractivity (Wildman–Crippen MR) is 160 cm³/mol. The van der Waals surface area contributed by atoms with E-state index in [2.05, 4.69) is 36.1 Å². The van der Waals surface area contributed by atoms with Crippen LogP contribution < -0.4 is 4.74 Å². The summed E-state index contributed by atoms with van der Waals surface area (Å²) in [6.07, 6.45) is 1.06. The van der Waals surface area contributed by atoms with Gasteiger partial charge in [-0.05, 0) is 72.5 Å². The number of halogens is 1. The van der Waals surface area contributed by atoms with Crippen LogP contribution in [0, 0.1) is 6.92 Å². The van der Waals surface area contributed by atoms with Crippen LogP contribution in [-0.2, 0) is 27.1 Å². The summed E-state index contributed by atoms with van der Waals surface area (Å²) >= 11 is 6.03. The third-order valence-electron chi connectivity index (χ3n) is 7.74. The first-order valence-corrected chi connectivity index (χ1v) is 14.3. The summed E-state index contributed by atoms with van der Waals surface area (Å²) in [6.45, 7) is 7.09. The van der Waals surface area contributed by atoms with Gasteiger partial charge in [0.2, 0.25) is 0 Å². The highest BCUT2D eigenvalue weighted by Gasteiger charge is 2.24. The number of benzene rings is 3. The smallest absolute Gasteiger partial charge is 0.310 e. The molecule has 214 valence electrons. The van der Waals surface area contributed by atoms with E-state index in [9.17, 15) is 9.59 Å². The maximum absolute atomic E-state index is 13.5. The zero-order chi connectivity index (χ0) is 28.9. The van der Waals surface area contributed by atoms with Crippen molar-refractivity contribution in [2.75, 3.05) is 40.0 Å². The van der Waals surface area contributed by atoms with E-state index in [1.54, 1.807) is 35.9 Å². The van der Waals surface area contributed by atoms with Crippen molar-refractivity contribution in [1.29, 1.82) is 0 Å². The standard InChI is InChI=1S/C33H35ClN2O5/c1-4-23-5-7-24(8-6-23)31-21-35(15-17-40-31)16-18-41-32(37)20-28-22(2)36(30-14-13-27(39-3)19-29(28)30)33(38)25-9-11-26(34)12-10-25/h5-14,19,31H,4,15-18,20-21H2,1-3H3. The second-order valence-corrected chi connectivity index (χ2v) is 10.7. The van der Waals surface area contributed by atoms with Gasteiger partial charge < -0.3 is 14.2 Å². The Hall–Kier alpha value is -3.65. The fourth-order valence-electron chi connectivity index (χ4n) is 5.36. The van der Waals surface area contributed by atoms with Gasteiger partial charge in [-0.1, -0.05) is 42.8 Å². The van der Waals surface area contributed by atoms with Gasteiger partial charge >= 0.3 is 5.97 Å². The molecule has 1 unspecified atom stereocenters. The van der Waals surface area contributed by atoms with E-state index in [0.717, 1.165) is 30.5 Å². The molecule has 1 aliphatic heterocycles.